The maximum absolute atomic E-state index is 10.6. The summed E-state index contributed by atoms with van der Waals surface area (Å²) in [6, 6.07) is -0.0603. The van der Waals surface area contributed by atoms with Gasteiger partial charge in [-0.15, -0.1) is 12.4 Å². The summed E-state index contributed by atoms with van der Waals surface area (Å²) in [7, 11) is 0. The number of halogens is 1. The minimum absolute atomic E-state index is 0. The molecule has 5 heteroatoms. The Balaban J connectivity index is 0.00000144. The summed E-state index contributed by atoms with van der Waals surface area (Å²) in [6.07, 6.45) is 0.402. The van der Waals surface area contributed by atoms with Gasteiger partial charge in [0.15, 0.2) is 6.10 Å². The molecule has 1 saturated heterocycles. The van der Waals surface area contributed by atoms with Crippen LogP contribution in [0, 0.1) is 0 Å². The molecule has 1 rings (SSSR count). The van der Waals surface area contributed by atoms with Crippen LogP contribution < -0.4 is 5.73 Å². The maximum atomic E-state index is 10.6. The summed E-state index contributed by atoms with van der Waals surface area (Å²) in [5.74, 6) is -0.918. The van der Waals surface area contributed by atoms with Crippen LogP contribution in [0.1, 0.15) is 26.7 Å². The second-order valence-electron chi connectivity index (χ2n) is 3.90. The van der Waals surface area contributed by atoms with Crippen LogP contribution in [0.4, 0.5) is 0 Å². The normalized spacial score (nSPS) is 31.9. The van der Waals surface area contributed by atoms with Crippen molar-refractivity contribution < 1.29 is 14.6 Å². The quantitative estimate of drug-likeness (QED) is 0.670. The molecule has 0 saturated carbocycles. The lowest BCUT2D eigenvalue weighted by Gasteiger charge is -2.37. The molecule has 3 N–H and O–H groups in total. The molecule has 1 aliphatic rings. The SMILES string of the molecule is CC1(C)C[C@@H](N)C[C@H](C(=O)O)O1.Cl. The summed E-state index contributed by atoms with van der Waals surface area (Å²) in [5.41, 5.74) is 5.29. The predicted octanol–water partition coefficient (Wildman–Crippen LogP) is 0.778. The van der Waals surface area contributed by atoms with Gasteiger partial charge in [0.25, 0.3) is 0 Å². The molecule has 0 aromatic rings. The van der Waals surface area contributed by atoms with E-state index >= 15 is 0 Å². The Bertz CT molecular complexity index is 196. The number of hydrogen-bond acceptors (Lipinski definition) is 3. The van der Waals surface area contributed by atoms with E-state index in [0.29, 0.717) is 6.42 Å². The van der Waals surface area contributed by atoms with Gasteiger partial charge in [-0.1, -0.05) is 0 Å². The van der Waals surface area contributed by atoms with Crippen LogP contribution in [0.25, 0.3) is 0 Å². The highest BCUT2D eigenvalue weighted by Crippen LogP contribution is 2.27. The van der Waals surface area contributed by atoms with Crippen LogP contribution in [0.5, 0.6) is 0 Å². The fraction of sp³-hybridized carbons (Fsp3) is 0.875. The van der Waals surface area contributed by atoms with Crippen molar-refractivity contribution in [2.45, 2.75) is 44.4 Å². The first-order valence-corrected chi connectivity index (χ1v) is 4.07. The van der Waals surface area contributed by atoms with Gasteiger partial charge in [0.05, 0.1) is 5.60 Å². The van der Waals surface area contributed by atoms with Crippen LogP contribution in [-0.4, -0.2) is 28.8 Å². The summed E-state index contributed by atoms with van der Waals surface area (Å²) in [5, 5.41) is 8.71. The number of rotatable bonds is 1. The van der Waals surface area contributed by atoms with Crippen molar-refractivity contribution in [1.29, 1.82) is 0 Å². The van der Waals surface area contributed by atoms with Gasteiger partial charge < -0.3 is 15.6 Å². The van der Waals surface area contributed by atoms with Crippen molar-refractivity contribution in [2.75, 3.05) is 0 Å². The van der Waals surface area contributed by atoms with Crippen LogP contribution in [0.15, 0.2) is 0 Å². The summed E-state index contributed by atoms with van der Waals surface area (Å²) < 4.78 is 5.33. The highest BCUT2D eigenvalue weighted by atomic mass is 35.5. The van der Waals surface area contributed by atoms with Gasteiger partial charge >= 0.3 is 5.97 Å². The van der Waals surface area contributed by atoms with E-state index in [0.717, 1.165) is 6.42 Å². The molecule has 0 aliphatic carbocycles. The number of carboxylic acid groups (broad SMARTS) is 1. The Morgan fingerprint density at radius 2 is 2.15 bits per heavy atom. The van der Waals surface area contributed by atoms with E-state index < -0.39 is 17.7 Å². The Kier molecular flexibility index (Phi) is 4.16. The second-order valence-corrected chi connectivity index (χ2v) is 3.90. The maximum Gasteiger partial charge on any atom is 0.332 e. The molecule has 0 aromatic heterocycles. The molecule has 0 radical (unpaired) electrons. The molecule has 0 bridgehead atoms. The third kappa shape index (κ3) is 3.50. The lowest BCUT2D eigenvalue weighted by molar-refractivity contribution is -0.171. The number of hydrogen-bond donors (Lipinski definition) is 2. The standard InChI is InChI=1S/C8H15NO3.ClH/c1-8(2)4-5(9)3-6(12-8)7(10)11;/h5-6H,3-4,9H2,1-2H3,(H,10,11);1H/t5-,6+;/m0./s1. The highest BCUT2D eigenvalue weighted by Gasteiger charge is 2.36. The lowest BCUT2D eigenvalue weighted by Crippen LogP contribution is -2.48. The number of carboxylic acids is 1. The average Bonchev–Trinajstić information content (AvgIpc) is 1.82. The zero-order chi connectivity index (χ0) is 9.35. The Morgan fingerprint density at radius 3 is 2.54 bits per heavy atom. The monoisotopic (exact) mass is 209 g/mol. The smallest absolute Gasteiger partial charge is 0.332 e. The Morgan fingerprint density at radius 1 is 1.62 bits per heavy atom. The highest BCUT2D eigenvalue weighted by molar-refractivity contribution is 5.85. The molecule has 78 valence electrons. The van der Waals surface area contributed by atoms with Crippen molar-refractivity contribution in [2.24, 2.45) is 5.73 Å². The molecule has 0 aromatic carbocycles. The van der Waals surface area contributed by atoms with E-state index in [1.165, 1.54) is 0 Å². The van der Waals surface area contributed by atoms with Crippen molar-refractivity contribution in [3.63, 3.8) is 0 Å². The third-order valence-electron chi connectivity index (χ3n) is 2.01. The molecule has 13 heavy (non-hydrogen) atoms. The van der Waals surface area contributed by atoms with E-state index in [-0.39, 0.29) is 18.4 Å². The van der Waals surface area contributed by atoms with E-state index in [4.69, 9.17) is 15.6 Å². The van der Waals surface area contributed by atoms with E-state index in [2.05, 4.69) is 0 Å². The van der Waals surface area contributed by atoms with Gasteiger partial charge in [-0.3, -0.25) is 0 Å². The molecule has 4 nitrogen and oxygen atoms in total. The van der Waals surface area contributed by atoms with Crippen LogP contribution in [0.3, 0.4) is 0 Å². The minimum atomic E-state index is -0.918. The molecule has 0 unspecified atom stereocenters. The Labute approximate surface area is 83.9 Å². The number of aliphatic carboxylic acids is 1. The van der Waals surface area contributed by atoms with Gasteiger partial charge in [-0.2, -0.15) is 0 Å². The molecule has 0 amide bonds. The van der Waals surface area contributed by atoms with E-state index in [1.807, 2.05) is 13.8 Å². The lowest BCUT2D eigenvalue weighted by atomic mass is 9.91. The Hall–Kier alpha value is -0.320. The van der Waals surface area contributed by atoms with E-state index in [9.17, 15) is 4.79 Å². The van der Waals surface area contributed by atoms with Gasteiger partial charge in [0.2, 0.25) is 0 Å². The molecule has 1 fully saturated rings. The third-order valence-corrected chi connectivity index (χ3v) is 2.01. The van der Waals surface area contributed by atoms with Crippen molar-refractivity contribution in [3.8, 4) is 0 Å². The molecule has 0 spiro atoms. The van der Waals surface area contributed by atoms with Crippen LogP contribution in [0.2, 0.25) is 0 Å². The van der Waals surface area contributed by atoms with Crippen molar-refractivity contribution >= 4 is 18.4 Å². The molecule has 1 heterocycles. The van der Waals surface area contributed by atoms with Gasteiger partial charge in [0.1, 0.15) is 0 Å². The fourth-order valence-electron chi connectivity index (χ4n) is 1.62. The summed E-state index contributed by atoms with van der Waals surface area (Å²) in [6.45, 7) is 3.73. The molecular formula is C8H16ClNO3. The zero-order valence-electron chi connectivity index (χ0n) is 7.82. The van der Waals surface area contributed by atoms with Crippen molar-refractivity contribution in [1.82, 2.24) is 0 Å². The molecule has 2 atom stereocenters. The van der Waals surface area contributed by atoms with Gasteiger partial charge in [0, 0.05) is 6.04 Å². The molecule has 1 aliphatic heterocycles. The van der Waals surface area contributed by atoms with Crippen LogP contribution >= 0.6 is 12.4 Å². The topological polar surface area (TPSA) is 72.6 Å². The minimum Gasteiger partial charge on any atom is -0.479 e. The predicted molar refractivity (Wildman–Crippen MR) is 51.0 cm³/mol. The van der Waals surface area contributed by atoms with E-state index in [1.54, 1.807) is 0 Å². The zero-order valence-corrected chi connectivity index (χ0v) is 8.63. The first-order valence-electron chi connectivity index (χ1n) is 4.07. The second kappa shape index (κ2) is 4.26. The summed E-state index contributed by atoms with van der Waals surface area (Å²) in [4.78, 5) is 10.6. The van der Waals surface area contributed by atoms with Gasteiger partial charge in [-0.05, 0) is 26.7 Å². The fourth-order valence-corrected chi connectivity index (χ4v) is 1.62. The molecular weight excluding hydrogens is 194 g/mol. The summed E-state index contributed by atoms with van der Waals surface area (Å²) >= 11 is 0. The number of ether oxygens (including phenoxy) is 1. The first kappa shape index (κ1) is 12.7. The largest absolute Gasteiger partial charge is 0.479 e. The number of carbonyl (C=O) groups is 1. The average molecular weight is 210 g/mol. The van der Waals surface area contributed by atoms with Gasteiger partial charge in [-0.25, -0.2) is 4.79 Å². The van der Waals surface area contributed by atoms with Crippen molar-refractivity contribution in [3.05, 3.63) is 0 Å². The first-order chi connectivity index (χ1) is 5.41. The van der Waals surface area contributed by atoms with Crippen LogP contribution in [-0.2, 0) is 9.53 Å². The number of nitrogens with two attached hydrogens (primary N) is 1.